The molecule has 0 aromatic heterocycles. The number of hydrogen-bond acceptors (Lipinski definition) is 5. The summed E-state index contributed by atoms with van der Waals surface area (Å²) in [6.07, 6.45) is 9.12. The third-order valence-electron chi connectivity index (χ3n) is 12.4. The first kappa shape index (κ1) is 27.3. The first-order chi connectivity index (χ1) is 17.4. The van der Waals surface area contributed by atoms with Gasteiger partial charge in [-0.1, -0.05) is 46.3 Å². The van der Waals surface area contributed by atoms with Gasteiger partial charge in [0.15, 0.2) is 5.78 Å². The van der Waals surface area contributed by atoms with E-state index in [2.05, 4.69) is 27.7 Å². The second-order valence-electron chi connectivity index (χ2n) is 15.0. The highest BCUT2D eigenvalue weighted by molar-refractivity contribution is 6.06. The number of nitriles is 1. The largest absolute Gasteiger partial charge is 0.382 e. The molecule has 1 N–H and O–H groups in total. The molecule has 5 aliphatic carbocycles. The summed E-state index contributed by atoms with van der Waals surface area (Å²) in [7, 11) is 3.67. The van der Waals surface area contributed by atoms with Crippen LogP contribution in [-0.4, -0.2) is 47.2 Å². The Bertz CT molecular complexity index is 1230. The summed E-state index contributed by atoms with van der Waals surface area (Å²) in [6.45, 7) is 12.6. The lowest BCUT2D eigenvalue weighted by Gasteiger charge is -2.68. The minimum Gasteiger partial charge on any atom is -0.382 e. The maximum Gasteiger partial charge on any atom is 0.228 e. The van der Waals surface area contributed by atoms with Crippen molar-refractivity contribution in [2.24, 2.45) is 44.8 Å². The van der Waals surface area contributed by atoms with Gasteiger partial charge in [0.25, 0.3) is 0 Å². The molecule has 1 amide bonds. The van der Waals surface area contributed by atoms with Crippen molar-refractivity contribution in [1.82, 2.24) is 4.90 Å². The van der Waals surface area contributed by atoms with E-state index in [-0.39, 0.29) is 45.3 Å². The van der Waals surface area contributed by atoms with Crippen molar-refractivity contribution in [2.45, 2.75) is 92.1 Å². The van der Waals surface area contributed by atoms with Crippen molar-refractivity contribution >= 4 is 17.5 Å². The van der Waals surface area contributed by atoms with Crippen molar-refractivity contribution in [3.05, 3.63) is 23.3 Å². The number of allylic oxidation sites excluding steroid dienone is 3. The molecule has 0 heterocycles. The van der Waals surface area contributed by atoms with Gasteiger partial charge < -0.3 is 10.0 Å². The van der Waals surface area contributed by atoms with E-state index >= 15 is 0 Å². The first-order valence-corrected chi connectivity index (χ1v) is 14.3. The van der Waals surface area contributed by atoms with Crippen LogP contribution in [0.25, 0.3) is 0 Å². The van der Waals surface area contributed by atoms with Crippen molar-refractivity contribution in [3.8, 4) is 6.07 Å². The zero-order chi connectivity index (χ0) is 28.3. The number of hydrogen-bond donors (Lipinski definition) is 1. The van der Waals surface area contributed by atoms with Crippen LogP contribution in [-0.2, 0) is 14.4 Å². The molecular formula is C32H44N2O4. The molecule has 0 aromatic rings. The zero-order valence-electron chi connectivity index (χ0n) is 24.4. The van der Waals surface area contributed by atoms with Crippen LogP contribution in [0, 0.1) is 56.2 Å². The molecule has 38 heavy (non-hydrogen) atoms. The Hall–Kier alpha value is -2.26. The fourth-order valence-corrected chi connectivity index (χ4v) is 10.1. The van der Waals surface area contributed by atoms with Crippen LogP contribution in [0.5, 0.6) is 0 Å². The highest BCUT2D eigenvalue weighted by atomic mass is 16.3. The number of ketones is 2. The molecule has 0 bridgehead atoms. The summed E-state index contributed by atoms with van der Waals surface area (Å²) in [6, 6.07) is 2.02. The van der Waals surface area contributed by atoms with Gasteiger partial charge in [-0.2, -0.15) is 5.26 Å². The molecule has 8 atom stereocenters. The quantitative estimate of drug-likeness (QED) is 0.524. The lowest BCUT2D eigenvalue weighted by atomic mass is 9.34. The second-order valence-corrected chi connectivity index (χ2v) is 15.0. The number of amides is 1. The van der Waals surface area contributed by atoms with Crippen molar-refractivity contribution in [1.29, 1.82) is 5.26 Å². The molecule has 0 saturated heterocycles. The Morgan fingerprint density at radius 3 is 2.26 bits per heavy atom. The fraction of sp³-hybridized carbons (Fsp3) is 0.750. The minimum absolute atomic E-state index is 0.0214. The van der Waals surface area contributed by atoms with Gasteiger partial charge >= 0.3 is 0 Å². The molecule has 206 valence electrons. The number of rotatable bonds is 1. The Balaban J connectivity index is 1.71. The van der Waals surface area contributed by atoms with Crippen LogP contribution >= 0.6 is 0 Å². The Morgan fingerprint density at radius 2 is 1.66 bits per heavy atom. The smallest absolute Gasteiger partial charge is 0.228 e. The third kappa shape index (κ3) is 3.17. The minimum atomic E-state index is -1.66. The lowest BCUT2D eigenvalue weighted by molar-refractivity contribution is -0.184. The van der Waals surface area contributed by atoms with Gasteiger partial charge in [-0.15, -0.1) is 0 Å². The number of fused-ring (bicyclic) bond motifs is 7. The van der Waals surface area contributed by atoms with Crippen LogP contribution in [0.4, 0.5) is 0 Å². The standard InChI is InChI=1S/C32H44N2O4/c1-27(2)11-13-32(26(37)34(7)8)14-12-30(5)24(20(32)17-27)21(35)15-23-28(3)16-19(18-33)25(36)31(6,38)22(28)9-10-29(23,30)4/h15-16,20,22,24,38H,9-14,17H2,1-8H3/t20?,22-,24?,28+,29-,30-,31+,32+/m1/s1. The van der Waals surface area contributed by atoms with Gasteiger partial charge in [-0.25, -0.2) is 0 Å². The number of carbonyl (C=O) groups excluding carboxylic acids is 3. The lowest BCUT2D eigenvalue weighted by Crippen LogP contribution is -2.67. The molecular weight excluding hydrogens is 476 g/mol. The summed E-state index contributed by atoms with van der Waals surface area (Å²) in [5, 5.41) is 21.2. The molecule has 5 aliphatic rings. The van der Waals surface area contributed by atoms with Crippen molar-refractivity contribution in [2.75, 3.05) is 14.1 Å². The first-order valence-electron chi connectivity index (χ1n) is 14.3. The van der Waals surface area contributed by atoms with E-state index in [1.807, 2.05) is 33.2 Å². The van der Waals surface area contributed by atoms with Crippen LogP contribution < -0.4 is 0 Å². The van der Waals surface area contributed by atoms with Gasteiger partial charge in [0.1, 0.15) is 11.7 Å². The highest BCUT2D eigenvalue weighted by Gasteiger charge is 2.71. The fourth-order valence-electron chi connectivity index (χ4n) is 10.1. The average Bonchev–Trinajstić information content (AvgIpc) is 2.82. The summed E-state index contributed by atoms with van der Waals surface area (Å²) in [5.74, 6) is -0.992. The number of nitrogens with zero attached hydrogens (tertiary/aromatic N) is 2. The Kier molecular flexibility index (Phi) is 5.68. The van der Waals surface area contributed by atoms with Gasteiger partial charge in [0.05, 0.1) is 11.0 Å². The SMILES string of the molecule is CN(C)C(=O)[C@]12CCC(C)(C)CC1C1C(=O)C=C3[C@@]4(C)C=C(C#N)C(=O)[C@@](C)(O)[C@@H]4CC[C@@]3(C)[C@]1(C)CC2. The summed E-state index contributed by atoms with van der Waals surface area (Å²) in [5.41, 5.74) is -2.70. The molecule has 0 aromatic carbocycles. The number of Topliss-reactive ketones (excluding diaryl/α,β-unsaturated/α-hetero) is 1. The molecule has 3 saturated carbocycles. The normalized spacial score (nSPS) is 47.3. The van der Waals surface area contributed by atoms with Gasteiger partial charge in [0, 0.05) is 31.3 Å². The van der Waals surface area contributed by atoms with Crippen LogP contribution in [0.15, 0.2) is 23.3 Å². The maximum atomic E-state index is 14.4. The number of carbonyl (C=O) groups is 3. The van der Waals surface area contributed by atoms with E-state index < -0.39 is 28.1 Å². The van der Waals surface area contributed by atoms with Gasteiger partial charge in [0.2, 0.25) is 11.7 Å². The molecule has 3 fully saturated rings. The summed E-state index contributed by atoms with van der Waals surface area (Å²) >= 11 is 0. The van der Waals surface area contributed by atoms with E-state index in [0.29, 0.717) is 6.42 Å². The summed E-state index contributed by atoms with van der Waals surface area (Å²) in [4.78, 5) is 42.9. The van der Waals surface area contributed by atoms with Crippen LogP contribution in [0.1, 0.15) is 86.5 Å². The van der Waals surface area contributed by atoms with E-state index in [9.17, 15) is 24.8 Å². The Labute approximate surface area is 227 Å². The molecule has 0 radical (unpaired) electrons. The van der Waals surface area contributed by atoms with E-state index in [1.165, 1.54) is 6.92 Å². The molecule has 0 aliphatic heterocycles. The van der Waals surface area contributed by atoms with Crippen molar-refractivity contribution < 1.29 is 19.5 Å². The molecule has 2 unspecified atom stereocenters. The molecule has 6 nitrogen and oxygen atoms in total. The average molecular weight is 521 g/mol. The molecule has 5 rings (SSSR count). The topological polar surface area (TPSA) is 98.5 Å². The number of aliphatic hydroxyl groups is 1. The van der Waals surface area contributed by atoms with E-state index in [4.69, 9.17) is 0 Å². The third-order valence-corrected chi connectivity index (χ3v) is 12.4. The van der Waals surface area contributed by atoms with E-state index in [0.717, 1.165) is 44.1 Å². The second kappa shape index (κ2) is 7.90. The Morgan fingerprint density at radius 1 is 1.03 bits per heavy atom. The van der Waals surface area contributed by atoms with Crippen molar-refractivity contribution in [3.63, 3.8) is 0 Å². The maximum absolute atomic E-state index is 14.4. The summed E-state index contributed by atoms with van der Waals surface area (Å²) < 4.78 is 0. The molecule has 0 spiro atoms. The van der Waals surface area contributed by atoms with Crippen LogP contribution in [0.3, 0.4) is 0 Å². The van der Waals surface area contributed by atoms with E-state index in [1.54, 1.807) is 11.0 Å². The monoisotopic (exact) mass is 520 g/mol. The predicted octanol–water partition coefficient (Wildman–Crippen LogP) is 5.02. The van der Waals surface area contributed by atoms with Gasteiger partial charge in [-0.05, 0) is 80.1 Å². The van der Waals surface area contributed by atoms with Crippen LogP contribution in [0.2, 0.25) is 0 Å². The predicted molar refractivity (Wildman–Crippen MR) is 144 cm³/mol. The highest BCUT2D eigenvalue weighted by Crippen LogP contribution is 2.74. The van der Waals surface area contributed by atoms with Gasteiger partial charge in [-0.3, -0.25) is 14.4 Å². The zero-order valence-corrected chi connectivity index (χ0v) is 24.4. The molecule has 6 heteroatoms.